The first-order valence-electron chi connectivity index (χ1n) is 4.67. The van der Waals surface area contributed by atoms with Gasteiger partial charge in [0.15, 0.2) is 0 Å². The molecule has 0 fully saturated rings. The largest absolute Gasteiger partial charge is 0.530 e. The maximum absolute atomic E-state index is 10.9. The predicted molar refractivity (Wildman–Crippen MR) is 51.7 cm³/mol. The molecule has 0 saturated heterocycles. The van der Waals surface area contributed by atoms with E-state index < -0.39 is 17.7 Å². The van der Waals surface area contributed by atoms with Gasteiger partial charge in [-0.3, -0.25) is 0 Å². The van der Waals surface area contributed by atoms with Gasteiger partial charge < -0.3 is 19.6 Å². The van der Waals surface area contributed by atoms with Gasteiger partial charge in [-0.1, -0.05) is 13.8 Å². The molecule has 0 bridgehead atoms. The van der Waals surface area contributed by atoms with Gasteiger partial charge in [-0.05, 0) is 26.7 Å². The van der Waals surface area contributed by atoms with Crippen LogP contribution in [0.1, 0.15) is 34.6 Å². The van der Waals surface area contributed by atoms with Crippen LogP contribution in [-0.2, 0) is 4.79 Å². The summed E-state index contributed by atoms with van der Waals surface area (Å²) in [6.45, 7) is 8.83. The number of carbonyl (C=O) groups is 2. The quantitative estimate of drug-likeness (QED) is 0.628. The highest BCUT2D eigenvalue weighted by atomic mass is 16.4. The van der Waals surface area contributed by atoms with E-state index in [1.807, 2.05) is 0 Å². The van der Waals surface area contributed by atoms with E-state index in [2.05, 4.69) is 0 Å². The highest BCUT2D eigenvalue weighted by Gasteiger charge is 2.30. The third kappa shape index (κ3) is 3.01. The van der Waals surface area contributed by atoms with Crippen LogP contribution in [0.5, 0.6) is 0 Å². The Morgan fingerprint density at radius 1 is 1.36 bits per heavy atom. The highest BCUT2D eigenvalue weighted by Crippen LogP contribution is 2.19. The van der Waals surface area contributed by atoms with Crippen molar-refractivity contribution in [2.75, 3.05) is 0 Å². The number of rotatable bonds is 3. The van der Waals surface area contributed by atoms with Gasteiger partial charge in [-0.15, -0.1) is 0 Å². The van der Waals surface area contributed by atoms with E-state index in [9.17, 15) is 14.7 Å². The van der Waals surface area contributed by atoms with Gasteiger partial charge in [0.25, 0.3) is 0 Å². The summed E-state index contributed by atoms with van der Waals surface area (Å²) < 4.78 is 0. The molecule has 1 amide bonds. The van der Waals surface area contributed by atoms with Crippen molar-refractivity contribution in [2.45, 2.75) is 46.2 Å². The summed E-state index contributed by atoms with van der Waals surface area (Å²) in [5.74, 6) is -0.0513. The van der Waals surface area contributed by atoms with Crippen LogP contribution < -0.4 is 5.11 Å². The molecule has 0 aliphatic rings. The molecular formula is C10H18NO3-. The molecule has 0 aromatic carbocycles. The van der Waals surface area contributed by atoms with E-state index in [0.717, 1.165) is 4.90 Å². The molecule has 0 aromatic rings. The van der Waals surface area contributed by atoms with Crippen molar-refractivity contribution >= 4 is 12.4 Å². The second-order valence-corrected chi connectivity index (χ2v) is 4.68. The predicted octanol–water partition coefficient (Wildman–Crippen LogP) is 0.654. The Bertz CT molecular complexity index is 218. The third-order valence-corrected chi connectivity index (χ3v) is 2.04. The summed E-state index contributed by atoms with van der Waals surface area (Å²) in [6.07, 6.45) is -0.644. The molecule has 0 aliphatic carbocycles. The van der Waals surface area contributed by atoms with E-state index in [1.54, 1.807) is 34.6 Å². The standard InChI is InChI=1S/C10H19NO3/c1-7(2)8(6-12)11(9(13)14)10(3,4)5/h6-8H,1-5H3,(H,13,14)/p-1/t8-/m1/s1. The van der Waals surface area contributed by atoms with Crippen molar-refractivity contribution in [3.05, 3.63) is 0 Å². The lowest BCUT2D eigenvalue weighted by molar-refractivity contribution is -0.273. The molecule has 0 unspecified atom stereocenters. The van der Waals surface area contributed by atoms with E-state index >= 15 is 0 Å². The van der Waals surface area contributed by atoms with Crippen molar-refractivity contribution in [3.8, 4) is 0 Å². The maximum atomic E-state index is 10.9. The molecule has 0 heterocycles. The molecule has 82 valence electrons. The van der Waals surface area contributed by atoms with Gasteiger partial charge in [0, 0.05) is 5.54 Å². The van der Waals surface area contributed by atoms with E-state index in [1.165, 1.54) is 0 Å². The van der Waals surface area contributed by atoms with Crippen LogP contribution in [0.2, 0.25) is 0 Å². The zero-order chi connectivity index (χ0) is 11.5. The molecule has 0 spiro atoms. The third-order valence-electron chi connectivity index (χ3n) is 2.04. The summed E-state index contributed by atoms with van der Waals surface area (Å²) in [7, 11) is 0. The average Bonchev–Trinajstić information content (AvgIpc) is 1.95. The smallest absolute Gasteiger partial charge is 0.142 e. The Balaban J connectivity index is 4.99. The Morgan fingerprint density at radius 2 is 1.79 bits per heavy atom. The molecule has 0 rings (SSSR count). The van der Waals surface area contributed by atoms with E-state index in [0.29, 0.717) is 6.29 Å². The van der Waals surface area contributed by atoms with Crippen LogP contribution in [0.4, 0.5) is 4.79 Å². The molecule has 0 N–H and O–H groups in total. The van der Waals surface area contributed by atoms with Crippen LogP contribution in [0.3, 0.4) is 0 Å². The fourth-order valence-electron chi connectivity index (χ4n) is 1.36. The van der Waals surface area contributed by atoms with Crippen LogP contribution in [0.15, 0.2) is 0 Å². The fraction of sp³-hybridized carbons (Fsp3) is 0.800. The first-order valence-corrected chi connectivity index (χ1v) is 4.67. The summed E-state index contributed by atoms with van der Waals surface area (Å²) in [4.78, 5) is 22.8. The van der Waals surface area contributed by atoms with Gasteiger partial charge >= 0.3 is 0 Å². The van der Waals surface area contributed by atoms with Crippen molar-refractivity contribution in [1.29, 1.82) is 0 Å². The van der Waals surface area contributed by atoms with E-state index in [-0.39, 0.29) is 5.92 Å². The topological polar surface area (TPSA) is 60.4 Å². The number of nitrogens with zero attached hydrogens (tertiary/aromatic N) is 1. The Kier molecular flexibility index (Phi) is 4.10. The average molecular weight is 200 g/mol. The van der Waals surface area contributed by atoms with Gasteiger partial charge in [0.05, 0.1) is 6.04 Å². The second kappa shape index (κ2) is 4.44. The molecule has 0 saturated carbocycles. The lowest BCUT2D eigenvalue weighted by Gasteiger charge is -2.43. The summed E-state index contributed by atoms with van der Waals surface area (Å²) in [5, 5.41) is 10.9. The summed E-state index contributed by atoms with van der Waals surface area (Å²) in [5.41, 5.74) is -0.616. The van der Waals surface area contributed by atoms with Crippen molar-refractivity contribution in [3.63, 3.8) is 0 Å². The number of carbonyl (C=O) groups excluding carboxylic acids is 2. The van der Waals surface area contributed by atoms with E-state index in [4.69, 9.17) is 0 Å². The lowest BCUT2D eigenvalue weighted by Crippen LogP contribution is -2.58. The summed E-state index contributed by atoms with van der Waals surface area (Å²) in [6, 6.07) is -0.639. The van der Waals surface area contributed by atoms with Gasteiger partial charge in [0.2, 0.25) is 0 Å². The number of aldehydes is 1. The van der Waals surface area contributed by atoms with Gasteiger partial charge in [-0.2, -0.15) is 0 Å². The highest BCUT2D eigenvalue weighted by molar-refractivity contribution is 5.71. The zero-order valence-corrected chi connectivity index (χ0v) is 9.40. The number of hydrogen-bond acceptors (Lipinski definition) is 3. The fourth-order valence-corrected chi connectivity index (χ4v) is 1.36. The lowest BCUT2D eigenvalue weighted by atomic mass is 9.97. The monoisotopic (exact) mass is 200 g/mol. The van der Waals surface area contributed by atoms with Gasteiger partial charge in [-0.25, -0.2) is 0 Å². The minimum Gasteiger partial charge on any atom is -0.530 e. The van der Waals surface area contributed by atoms with Crippen molar-refractivity contribution in [1.82, 2.24) is 4.90 Å². The van der Waals surface area contributed by atoms with Crippen LogP contribution in [-0.4, -0.2) is 28.9 Å². The first kappa shape index (κ1) is 12.9. The SMILES string of the molecule is CC(C)[C@@H](C=O)N(C(=O)[O-])C(C)(C)C. The minimum atomic E-state index is -1.30. The molecule has 4 heteroatoms. The first-order chi connectivity index (χ1) is 6.21. The van der Waals surface area contributed by atoms with Gasteiger partial charge in [0.1, 0.15) is 12.4 Å². The minimum absolute atomic E-state index is 0.0513. The number of carboxylic acid groups (broad SMARTS) is 1. The number of hydrogen-bond donors (Lipinski definition) is 0. The Hall–Kier alpha value is -1.06. The number of amides is 1. The van der Waals surface area contributed by atoms with Crippen LogP contribution in [0, 0.1) is 5.92 Å². The normalized spacial score (nSPS) is 13.9. The molecule has 1 atom stereocenters. The Morgan fingerprint density at radius 3 is 1.86 bits per heavy atom. The summed E-state index contributed by atoms with van der Waals surface area (Å²) >= 11 is 0. The Labute approximate surface area is 84.9 Å². The maximum Gasteiger partial charge on any atom is 0.142 e. The molecule has 14 heavy (non-hydrogen) atoms. The zero-order valence-electron chi connectivity index (χ0n) is 9.40. The van der Waals surface area contributed by atoms with Crippen molar-refractivity contribution < 1.29 is 14.7 Å². The van der Waals surface area contributed by atoms with Crippen molar-refractivity contribution in [2.24, 2.45) is 5.92 Å². The molecule has 0 aromatic heterocycles. The van der Waals surface area contributed by atoms with Crippen LogP contribution >= 0.6 is 0 Å². The molecular weight excluding hydrogens is 182 g/mol. The molecule has 4 nitrogen and oxygen atoms in total. The molecule has 0 radical (unpaired) electrons. The van der Waals surface area contributed by atoms with Crippen LogP contribution in [0.25, 0.3) is 0 Å². The second-order valence-electron chi connectivity index (χ2n) is 4.68. The molecule has 0 aliphatic heterocycles.